The first kappa shape index (κ1) is 12.0. The quantitative estimate of drug-likeness (QED) is 0.439. The highest BCUT2D eigenvalue weighted by Gasteiger charge is 1.87. The van der Waals surface area contributed by atoms with Gasteiger partial charge < -0.3 is 0 Å². The van der Waals surface area contributed by atoms with E-state index in [4.69, 9.17) is 0 Å². The van der Waals surface area contributed by atoms with Gasteiger partial charge in [0.15, 0.2) is 0 Å². The Hall–Kier alpha value is -1.00. The van der Waals surface area contributed by atoms with Gasteiger partial charge in [-0.2, -0.15) is 0 Å². The van der Waals surface area contributed by atoms with Gasteiger partial charge in [-0.15, -0.1) is 5.73 Å². The number of hydrogen-bond donors (Lipinski definition) is 0. The van der Waals surface area contributed by atoms with Crippen molar-refractivity contribution >= 4 is 0 Å². The molecule has 0 atom stereocenters. The largest absolute Gasteiger partial charge is 0.114 e. The second-order valence-corrected chi connectivity index (χ2v) is 3.08. The van der Waals surface area contributed by atoms with Gasteiger partial charge in [-0.25, -0.2) is 0 Å². The van der Waals surface area contributed by atoms with E-state index in [1.165, 1.54) is 17.6 Å². The lowest BCUT2D eigenvalue weighted by Gasteiger charge is -1.94. The molecule has 0 aliphatic carbocycles. The lowest BCUT2D eigenvalue weighted by molar-refractivity contribution is 0.927. The van der Waals surface area contributed by atoms with Crippen molar-refractivity contribution in [2.75, 3.05) is 0 Å². The summed E-state index contributed by atoms with van der Waals surface area (Å²) in [5.41, 5.74) is 5.87. The van der Waals surface area contributed by atoms with E-state index in [9.17, 15) is 0 Å². The molecule has 0 radical (unpaired) electrons. The summed E-state index contributed by atoms with van der Waals surface area (Å²) in [7, 11) is 0. The third-order valence-electron chi connectivity index (χ3n) is 1.66. The Kier molecular flexibility index (Phi) is 7.05. The highest BCUT2D eigenvalue weighted by molar-refractivity contribution is 5.24. The number of rotatable bonds is 4. The van der Waals surface area contributed by atoms with E-state index >= 15 is 0 Å². The van der Waals surface area contributed by atoms with Gasteiger partial charge in [-0.3, -0.25) is 0 Å². The molecule has 0 N–H and O–H groups in total. The second-order valence-electron chi connectivity index (χ2n) is 3.08. The zero-order valence-corrected chi connectivity index (χ0v) is 9.22. The van der Waals surface area contributed by atoms with Crippen LogP contribution in [0.5, 0.6) is 0 Å². The lowest BCUT2D eigenvalue weighted by atomic mass is 10.1. The van der Waals surface area contributed by atoms with Crippen LogP contribution in [0.15, 0.2) is 41.2 Å². The fraction of sp³-hybridized carbons (Fsp3) is 0.462. The van der Waals surface area contributed by atoms with Gasteiger partial charge in [0.25, 0.3) is 0 Å². The molecule has 0 aromatic heterocycles. The molecule has 0 heteroatoms. The first-order valence-corrected chi connectivity index (χ1v) is 4.96. The van der Waals surface area contributed by atoms with Crippen LogP contribution in [0, 0.1) is 0 Å². The van der Waals surface area contributed by atoms with Crippen molar-refractivity contribution in [2.45, 2.75) is 40.5 Å². The zero-order valence-electron chi connectivity index (χ0n) is 9.22. The first-order valence-electron chi connectivity index (χ1n) is 4.96. The van der Waals surface area contributed by atoms with E-state index in [-0.39, 0.29) is 0 Å². The lowest BCUT2D eigenvalue weighted by Crippen LogP contribution is -1.75. The summed E-state index contributed by atoms with van der Waals surface area (Å²) in [6, 6.07) is 0. The first-order chi connectivity index (χ1) is 6.24. The molecule has 0 spiro atoms. The van der Waals surface area contributed by atoms with Crippen LogP contribution in [0.3, 0.4) is 0 Å². The Bertz CT molecular complexity index is 245. The van der Waals surface area contributed by atoms with Crippen molar-refractivity contribution in [3.8, 4) is 0 Å². The highest BCUT2D eigenvalue weighted by atomic mass is 13.9. The molecule has 0 fully saturated rings. The van der Waals surface area contributed by atoms with Crippen LogP contribution in [0.1, 0.15) is 40.5 Å². The smallest absolute Gasteiger partial charge is 0.00609 e. The minimum atomic E-state index is 1.11. The summed E-state index contributed by atoms with van der Waals surface area (Å²) >= 11 is 0. The molecule has 0 aliphatic rings. The molecule has 0 rings (SSSR count). The monoisotopic (exact) mass is 176 g/mol. The van der Waals surface area contributed by atoms with Gasteiger partial charge in [0.1, 0.15) is 0 Å². The summed E-state index contributed by atoms with van der Waals surface area (Å²) in [6.45, 7) is 8.35. The number of hydrogen-bond acceptors (Lipinski definition) is 0. The molecule has 72 valence electrons. The standard InChI is InChI=1S/C13H20/c1-5-8-12(4)11-13(9-6-2)10-7-3/h5-6,8-9H,7,10H2,1-4H3/b8-5-,9-6-. The zero-order chi connectivity index (χ0) is 10.1. The molecule has 0 unspecified atom stereocenters. The Balaban J connectivity index is 4.77. The van der Waals surface area contributed by atoms with Gasteiger partial charge in [0, 0.05) is 0 Å². The van der Waals surface area contributed by atoms with E-state index in [1.807, 2.05) is 19.9 Å². The van der Waals surface area contributed by atoms with Gasteiger partial charge in [-0.05, 0) is 38.3 Å². The maximum absolute atomic E-state index is 3.38. The van der Waals surface area contributed by atoms with Crippen LogP contribution >= 0.6 is 0 Å². The third kappa shape index (κ3) is 6.19. The van der Waals surface area contributed by atoms with E-state index in [0.29, 0.717) is 0 Å². The SMILES string of the molecule is C/C=C\C(C)=C=C(/C=C\C)CCC. The molecule has 0 saturated carbocycles. The average molecular weight is 176 g/mol. The molecule has 0 heterocycles. The molecule has 0 bridgehead atoms. The molecule has 0 amide bonds. The Labute approximate surface area is 82.4 Å². The van der Waals surface area contributed by atoms with E-state index in [2.05, 4.69) is 37.8 Å². The Morgan fingerprint density at radius 2 is 1.77 bits per heavy atom. The van der Waals surface area contributed by atoms with Crippen molar-refractivity contribution < 1.29 is 0 Å². The molecule has 13 heavy (non-hydrogen) atoms. The summed E-state index contributed by atoms with van der Waals surface area (Å²) < 4.78 is 0. The highest BCUT2D eigenvalue weighted by Crippen LogP contribution is 2.06. The molecule has 0 aromatic rings. The minimum Gasteiger partial charge on any atom is -0.114 e. The molecule has 0 nitrogen and oxygen atoms in total. The minimum absolute atomic E-state index is 1.11. The summed E-state index contributed by atoms with van der Waals surface area (Å²) in [4.78, 5) is 0. The van der Waals surface area contributed by atoms with E-state index < -0.39 is 0 Å². The van der Waals surface area contributed by atoms with Crippen LogP contribution in [0.2, 0.25) is 0 Å². The third-order valence-corrected chi connectivity index (χ3v) is 1.66. The van der Waals surface area contributed by atoms with E-state index in [0.717, 1.165) is 6.42 Å². The molecular formula is C13H20. The summed E-state index contributed by atoms with van der Waals surface area (Å²) in [6.07, 6.45) is 10.6. The van der Waals surface area contributed by atoms with Crippen molar-refractivity contribution in [3.05, 3.63) is 41.2 Å². The summed E-state index contributed by atoms with van der Waals surface area (Å²) in [5.74, 6) is 0. The van der Waals surface area contributed by atoms with Gasteiger partial charge >= 0.3 is 0 Å². The van der Waals surface area contributed by atoms with Crippen molar-refractivity contribution in [3.63, 3.8) is 0 Å². The Morgan fingerprint density at radius 1 is 1.15 bits per heavy atom. The second kappa shape index (κ2) is 7.64. The maximum Gasteiger partial charge on any atom is -0.00609 e. The maximum atomic E-state index is 3.38. The molecule has 0 saturated heterocycles. The van der Waals surface area contributed by atoms with E-state index in [1.54, 1.807) is 0 Å². The van der Waals surface area contributed by atoms with Crippen molar-refractivity contribution in [1.82, 2.24) is 0 Å². The van der Waals surface area contributed by atoms with Crippen molar-refractivity contribution in [2.24, 2.45) is 0 Å². The van der Waals surface area contributed by atoms with Gasteiger partial charge in [0.05, 0.1) is 0 Å². The van der Waals surface area contributed by atoms with Crippen LogP contribution in [0.25, 0.3) is 0 Å². The molecule has 0 aliphatic heterocycles. The fourth-order valence-corrected chi connectivity index (χ4v) is 1.20. The predicted octanol–water partition coefficient (Wildman–Crippen LogP) is 4.41. The van der Waals surface area contributed by atoms with Crippen LogP contribution in [-0.2, 0) is 0 Å². The normalized spacial score (nSPS) is 10.8. The van der Waals surface area contributed by atoms with Crippen LogP contribution < -0.4 is 0 Å². The average Bonchev–Trinajstić information content (AvgIpc) is 2.05. The Morgan fingerprint density at radius 3 is 2.23 bits per heavy atom. The van der Waals surface area contributed by atoms with Crippen molar-refractivity contribution in [1.29, 1.82) is 0 Å². The molecule has 0 aromatic carbocycles. The van der Waals surface area contributed by atoms with Crippen LogP contribution in [0.4, 0.5) is 0 Å². The summed E-state index contributed by atoms with van der Waals surface area (Å²) in [5, 5.41) is 0. The van der Waals surface area contributed by atoms with Crippen LogP contribution in [-0.4, -0.2) is 0 Å². The fourth-order valence-electron chi connectivity index (χ4n) is 1.20. The van der Waals surface area contributed by atoms with Gasteiger partial charge in [0.2, 0.25) is 0 Å². The predicted molar refractivity (Wildman–Crippen MR) is 60.7 cm³/mol. The number of allylic oxidation sites excluding steroid dienone is 5. The van der Waals surface area contributed by atoms with Gasteiger partial charge in [-0.1, -0.05) is 37.6 Å². The molecular weight excluding hydrogens is 156 g/mol. The topological polar surface area (TPSA) is 0 Å².